The molecular formula is C19H23O3. The lowest BCUT2D eigenvalue weighted by molar-refractivity contribution is 0.0816. The van der Waals surface area contributed by atoms with E-state index in [9.17, 15) is 0 Å². The van der Waals surface area contributed by atoms with Gasteiger partial charge in [0.1, 0.15) is 11.5 Å². The molecular weight excluding hydrogens is 276 g/mol. The Morgan fingerprint density at radius 2 is 1.41 bits per heavy atom. The van der Waals surface area contributed by atoms with Crippen LogP contribution in [0.25, 0.3) is 0 Å². The van der Waals surface area contributed by atoms with Gasteiger partial charge in [-0.1, -0.05) is 24.3 Å². The van der Waals surface area contributed by atoms with E-state index < -0.39 is 0 Å². The second-order valence-corrected chi connectivity index (χ2v) is 5.08. The highest BCUT2D eigenvalue weighted by Crippen LogP contribution is 2.20. The molecule has 0 aliphatic carbocycles. The fraction of sp³-hybridized carbons (Fsp3) is 0.316. The van der Waals surface area contributed by atoms with E-state index in [0.717, 1.165) is 29.9 Å². The molecule has 2 aromatic carbocycles. The molecule has 0 amide bonds. The lowest BCUT2D eigenvalue weighted by Gasteiger charge is -2.14. The highest BCUT2D eigenvalue weighted by molar-refractivity contribution is 5.29. The summed E-state index contributed by atoms with van der Waals surface area (Å²) in [6.45, 7) is 4.74. The molecule has 0 N–H and O–H groups in total. The van der Waals surface area contributed by atoms with Gasteiger partial charge in [-0.15, -0.1) is 0 Å². The van der Waals surface area contributed by atoms with E-state index in [-0.39, 0.29) is 6.10 Å². The van der Waals surface area contributed by atoms with Gasteiger partial charge in [0, 0.05) is 6.61 Å². The largest absolute Gasteiger partial charge is 0.497 e. The van der Waals surface area contributed by atoms with Gasteiger partial charge in [0.25, 0.3) is 0 Å². The number of hydrogen-bond acceptors (Lipinski definition) is 3. The van der Waals surface area contributed by atoms with E-state index in [1.54, 1.807) is 14.2 Å². The minimum Gasteiger partial charge on any atom is -0.497 e. The first-order valence-electron chi connectivity index (χ1n) is 7.44. The number of methoxy groups -OCH3 is 2. The van der Waals surface area contributed by atoms with Gasteiger partial charge in [0.2, 0.25) is 0 Å². The Morgan fingerprint density at radius 3 is 1.95 bits per heavy atom. The summed E-state index contributed by atoms with van der Waals surface area (Å²) < 4.78 is 16.1. The van der Waals surface area contributed by atoms with Crippen LogP contribution in [0.1, 0.15) is 23.7 Å². The van der Waals surface area contributed by atoms with E-state index in [4.69, 9.17) is 14.2 Å². The fourth-order valence-corrected chi connectivity index (χ4v) is 2.21. The van der Waals surface area contributed by atoms with Crippen LogP contribution < -0.4 is 9.47 Å². The molecule has 0 heterocycles. The first-order chi connectivity index (χ1) is 10.7. The Labute approximate surface area is 132 Å². The van der Waals surface area contributed by atoms with Gasteiger partial charge in [0.05, 0.1) is 20.3 Å². The number of rotatable bonds is 8. The zero-order chi connectivity index (χ0) is 15.8. The van der Waals surface area contributed by atoms with Gasteiger partial charge in [0.15, 0.2) is 0 Å². The van der Waals surface area contributed by atoms with Gasteiger partial charge in [-0.25, -0.2) is 0 Å². The van der Waals surface area contributed by atoms with Crippen molar-refractivity contribution in [2.45, 2.75) is 18.9 Å². The third kappa shape index (κ3) is 4.78. The monoisotopic (exact) mass is 299 g/mol. The third-order valence-electron chi connectivity index (χ3n) is 3.58. The zero-order valence-corrected chi connectivity index (χ0v) is 13.2. The summed E-state index contributed by atoms with van der Waals surface area (Å²) in [6, 6.07) is 16.0. The summed E-state index contributed by atoms with van der Waals surface area (Å²) in [5.41, 5.74) is 2.35. The van der Waals surface area contributed by atoms with Crippen molar-refractivity contribution < 1.29 is 14.2 Å². The summed E-state index contributed by atoms with van der Waals surface area (Å²) >= 11 is 0. The molecule has 2 aromatic rings. The Bertz CT molecular complexity index is 546. The molecule has 0 saturated carbocycles. The first kappa shape index (κ1) is 16.4. The molecule has 0 aliphatic heterocycles. The van der Waals surface area contributed by atoms with Crippen LogP contribution in [0.3, 0.4) is 0 Å². The number of aryl methyl sites for hydroxylation is 1. The molecule has 3 heteroatoms. The SMILES string of the molecule is [CH2]C(OCCCc1ccc(OC)cc1)c1ccc(OC)cc1. The summed E-state index contributed by atoms with van der Waals surface area (Å²) in [5, 5.41) is 0. The quantitative estimate of drug-likeness (QED) is 0.683. The minimum absolute atomic E-state index is 0.151. The summed E-state index contributed by atoms with van der Waals surface area (Å²) in [6.07, 6.45) is 1.80. The third-order valence-corrected chi connectivity index (χ3v) is 3.58. The average molecular weight is 299 g/mol. The van der Waals surface area contributed by atoms with Crippen LogP contribution in [0.4, 0.5) is 0 Å². The van der Waals surface area contributed by atoms with Crippen LogP contribution >= 0.6 is 0 Å². The van der Waals surface area contributed by atoms with Crippen molar-refractivity contribution in [1.29, 1.82) is 0 Å². The van der Waals surface area contributed by atoms with Crippen LogP contribution in [-0.2, 0) is 11.2 Å². The molecule has 22 heavy (non-hydrogen) atoms. The van der Waals surface area contributed by atoms with E-state index >= 15 is 0 Å². The molecule has 117 valence electrons. The number of benzene rings is 2. The maximum absolute atomic E-state index is 5.79. The smallest absolute Gasteiger partial charge is 0.118 e. The predicted octanol–water partition coefficient (Wildman–Crippen LogP) is 4.23. The van der Waals surface area contributed by atoms with Crippen molar-refractivity contribution in [3.63, 3.8) is 0 Å². The first-order valence-corrected chi connectivity index (χ1v) is 7.44. The van der Waals surface area contributed by atoms with Crippen molar-refractivity contribution in [3.05, 3.63) is 66.6 Å². The fourth-order valence-electron chi connectivity index (χ4n) is 2.21. The van der Waals surface area contributed by atoms with E-state index in [1.165, 1.54) is 5.56 Å². The van der Waals surface area contributed by atoms with E-state index in [2.05, 4.69) is 19.1 Å². The van der Waals surface area contributed by atoms with E-state index in [1.807, 2.05) is 36.4 Å². The van der Waals surface area contributed by atoms with Gasteiger partial charge < -0.3 is 14.2 Å². The Morgan fingerprint density at radius 1 is 0.864 bits per heavy atom. The molecule has 0 saturated heterocycles. The van der Waals surface area contributed by atoms with Crippen LogP contribution in [0, 0.1) is 6.92 Å². The van der Waals surface area contributed by atoms with Crippen LogP contribution in [0.15, 0.2) is 48.5 Å². The van der Waals surface area contributed by atoms with E-state index in [0.29, 0.717) is 6.61 Å². The van der Waals surface area contributed by atoms with Gasteiger partial charge in [-0.2, -0.15) is 0 Å². The maximum Gasteiger partial charge on any atom is 0.118 e. The standard InChI is InChI=1S/C19H23O3/c1-15(17-8-12-19(21-3)13-9-17)22-14-4-5-16-6-10-18(20-2)11-7-16/h6-13,15H,1,4-5,14H2,2-3H3. The molecule has 2 rings (SSSR count). The lowest BCUT2D eigenvalue weighted by atomic mass is 10.1. The lowest BCUT2D eigenvalue weighted by Crippen LogP contribution is -2.03. The van der Waals surface area contributed by atoms with Crippen LogP contribution in [0.2, 0.25) is 0 Å². The van der Waals surface area contributed by atoms with Gasteiger partial charge >= 0.3 is 0 Å². The molecule has 0 spiro atoms. The van der Waals surface area contributed by atoms with Crippen molar-refractivity contribution in [3.8, 4) is 11.5 Å². The molecule has 0 fully saturated rings. The Balaban J connectivity index is 1.72. The van der Waals surface area contributed by atoms with Crippen molar-refractivity contribution in [1.82, 2.24) is 0 Å². The normalized spacial score (nSPS) is 12.0. The molecule has 0 aromatic heterocycles. The molecule has 1 radical (unpaired) electrons. The number of hydrogen-bond donors (Lipinski definition) is 0. The highest BCUT2D eigenvalue weighted by Gasteiger charge is 2.06. The molecule has 1 atom stereocenters. The summed E-state index contributed by atoms with van der Waals surface area (Å²) in [5.74, 6) is 1.73. The predicted molar refractivity (Wildman–Crippen MR) is 88.4 cm³/mol. The Kier molecular flexibility index (Phi) is 6.28. The molecule has 0 aliphatic rings. The van der Waals surface area contributed by atoms with Crippen LogP contribution in [0.5, 0.6) is 11.5 Å². The highest BCUT2D eigenvalue weighted by atomic mass is 16.5. The zero-order valence-electron chi connectivity index (χ0n) is 13.2. The van der Waals surface area contributed by atoms with Crippen LogP contribution in [-0.4, -0.2) is 20.8 Å². The second kappa shape index (κ2) is 8.44. The second-order valence-electron chi connectivity index (χ2n) is 5.08. The number of ether oxygens (including phenoxy) is 3. The summed E-state index contributed by atoms with van der Waals surface area (Å²) in [4.78, 5) is 0. The summed E-state index contributed by atoms with van der Waals surface area (Å²) in [7, 11) is 3.34. The van der Waals surface area contributed by atoms with Gasteiger partial charge in [-0.05, 0) is 55.2 Å². The minimum atomic E-state index is -0.151. The molecule has 3 nitrogen and oxygen atoms in total. The average Bonchev–Trinajstić information content (AvgIpc) is 2.59. The molecule has 1 unspecified atom stereocenters. The molecule has 0 bridgehead atoms. The van der Waals surface area contributed by atoms with Crippen molar-refractivity contribution in [2.24, 2.45) is 0 Å². The van der Waals surface area contributed by atoms with Crippen molar-refractivity contribution >= 4 is 0 Å². The Hall–Kier alpha value is -2.00. The van der Waals surface area contributed by atoms with Crippen molar-refractivity contribution in [2.75, 3.05) is 20.8 Å². The van der Waals surface area contributed by atoms with Gasteiger partial charge in [-0.3, -0.25) is 0 Å². The topological polar surface area (TPSA) is 27.7 Å². The maximum atomic E-state index is 5.79.